The molecule has 0 aromatic heterocycles. The zero-order valence-corrected chi connectivity index (χ0v) is 12.7. The highest BCUT2D eigenvalue weighted by Crippen LogP contribution is 2.49. The number of rotatable bonds is 3. The minimum Gasteiger partial charge on any atom is -0.504 e. The first-order valence-corrected chi connectivity index (χ1v) is 7.22. The average Bonchev–Trinajstić information content (AvgIpc) is 2.43. The predicted octanol–water partition coefficient (Wildman–Crippen LogP) is 3.59. The molecule has 0 unspecified atom stereocenters. The van der Waals surface area contributed by atoms with Crippen LogP contribution in [0.15, 0.2) is 10.5 Å². The van der Waals surface area contributed by atoms with E-state index in [1.54, 1.807) is 0 Å². The van der Waals surface area contributed by atoms with E-state index < -0.39 is 17.2 Å². The van der Waals surface area contributed by atoms with E-state index in [2.05, 4.69) is 15.9 Å². The fourth-order valence-electron chi connectivity index (χ4n) is 2.96. The van der Waals surface area contributed by atoms with Crippen molar-refractivity contribution in [1.29, 1.82) is 0 Å². The topological polar surface area (TPSA) is 66.8 Å². The molecule has 0 aliphatic heterocycles. The van der Waals surface area contributed by atoms with E-state index in [0.717, 1.165) is 6.42 Å². The lowest BCUT2D eigenvalue weighted by atomic mass is 9.69. The molecule has 20 heavy (non-hydrogen) atoms. The normalized spacial score (nSPS) is 17.8. The zero-order chi connectivity index (χ0) is 14.9. The van der Waals surface area contributed by atoms with Gasteiger partial charge in [0.15, 0.2) is 11.5 Å². The lowest BCUT2D eigenvalue weighted by Crippen LogP contribution is -2.39. The van der Waals surface area contributed by atoms with Crippen LogP contribution < -0.4 is 4.74 Å². The molecule has 0 amide bonds. The van der Waals surface area contributed by atoms with E-state index in [4.69, 9.17) is 4.74 Å². The number of phenolic OH excluding ortho intramolecular Hbond substituents is 1. The van der Waals surface area contributed by atoms with E-state index >= 15 is 0 Å². The van der Waals surface area contributed by atoms with Crippen molar-refractivity contribution in [2.75, 3.05) is 7.11 Å². The molecule has 2 rings (SSSR count). The first-order chi connectivity index (χ1) is 9.44. The molecule has 6 heteroatoms. The summed E-state index contributed by atoms with van der Waals surface area (Å²) < 4.78 is 19.6. The number of benzene rings is 1. The predicted molar refractivity (Wildman–Crippen MR) is 74.7 cm³/mol. The van der Waals surface area contributed by atoms with Crippen molar-refractivity contribution in [3.8, 4) is 11.5 Å². The molecule has 1 saturated carbocycles. The van der Waals surface area contributed by atoms with Crippen molar-refractivity contribution >= 4 is 21.9 Å². The van der Waals surface area contributed by atoms with Gasteiger partial charge in [0.1, 0.15) is 5.82 Å². The number of methoxy groups -OCH3 is 1. The zero-order valence-electron chi connectivity index (χ0n) is 11.1. The maximum Gasteiger partial charge on any atom is 0.314 e. The third-order valence-corrected chi connectivity index (χ3v) is 4.53. The summed E-state index contributed by atoms with van der Waals surface area (Å²) in [7, 11) is 1.30. The lowest BCUT2D eigenvalue weighted by Gasteiger charge is -2.35. The minimum atomic E-state index is -1.34. The second kappa shape index (κ2) is 5.60. The highest BCUT2D eigenvalue weighted by molar-refractivity contribution is 9.10. The molecule has 0 radical (unpaired) electrons. The SMILES string of the molecule is COc1c(O)cc(Br)c(F)c1C1(C(=O)O)CCCCC1. The smallest absolute Gasteiger partial charge is 0.314 e. The maximum absolute atomic E-state index is 14.5. The third kappa shape index (κ3) is 2.26. The van der Waals surface area contributed by atoms with E-state index in [1.165, 1.54) is 13.2 Å². The Morgan fingerprint density at radius 1 is 1.40 bits per heavy atom. The van der Waals surface area contributed by atoms with Gasteiger partial charge in [0, 0.05) is 6.07 Å². The van der Waals surface area contributed by atoms with E-state index in [-0.39, 0.29) is 21.5 Å². The van der Waals surface area contributed by atoms with Crippen LogP contribution in [0.25, 0.3) is 0 Å². The van der Waals surface area contributed by atoms with Crippen LogP contribution in [-0.2, 0) is 10.2 Å². The van der Waals surface area contributed by atoms with Gasteiger partial charge < -0.3 is 14.9 Å². The first kappa shape index (κ1) is 15.1. The molecule has 2 N–H and O–H groups in total. The molecule has 4 nitrogen and oxygen atoms in total. The molecular weight excluding hydrogens is 331 g/mol. The Labute approximate surface area is 124 Å². The van der Waals surface area contributed by atoms with Crippen LogP contribution in [0.3, 0.4) is 0 Å². The molecule has 0 spiro atoms. The van der Waals surface area contributed by atoms with Crippen LogP contribution in [0.1, 0.15) is 37.7 Å². The van der Waals surface area contributed by atoms with Crippen molar-refractivity contribution in [2.45, 2.75) is 37.5 Å². The van der Waals surface area contributed by atoms with Crippen molar-refractivity contribution < 1.29 is 24.1 Å². The number of carboxylic acid groups (broad SMARTS) is 1. The Bertz CT molecular complexity index is 538. The molecule has 110 valence electrons. The van der Waals surface area contributed by atoms with Gasteiger partial charge in [-0.15, -0.1) is 0 Å². The number of carbonyl (C=O) groups is 1. The van der Waals surface area contributed by atoms with E-state index in [0.29, 0.717) is 25.7 Å². The number of hydrogen-bond donors (Lipinski definition) is 2. The van der Waals surface area contributed by atoms with Gasteiger partial charge in [0.05, 0.1) is 22.6 Å². The fraction of sp³-hybridized carbons (Fsp3) is 0.500. The number of carboxylic acids is 1. The third-order valence-electron chi connectivity index (χ3n) is 3.95. The quantitative estimate of drug-likeness (QED) is 0.877. The summed E-state index contributed by atoms with van der Waals surface area (Å²) in [6, 6.07) is 1.18. The van der Waals surface area contributed by atoms with Crippen molar-refractivity contribution in [1.82, 2.24) is 0 Å². The van der Waals surface area contributed by atoms with Crippen LogP contribution in [0, 0.1) is 5.82 Å². The maximum atomic E-state index is 14.5. The Hall–Kier alpha value is -1.30. The Morgan fingerprint density at radius 3 is 2.50 bits per heavy atom. The number of ether oxygens (including phenoxy) is 1. The second-order valence-electron chi connectivity index (χ2n) is 5.05. The van der Waals surface area contributed by atoms with Gasteiger partial charge >= 0.3 is 5.97 Å². The van der Waals surface area contributed by atoms with Crippen LogP contribution >= 0.6 is 15.9 Å². The summed E-state index contributed by atoms with van der Waals surface area (Å²) in [5, 5.41) is 19.6. The van der Waals surface area contributed by atoms with Gasteiger partial charge in [0.25, 0.3) is 0 Å². The summed E-state index contributed by atoms with van der Waals surface area (Å²) in [4.78, 5) is 11.8. The Morgan fingerprint density at radius 2 is 2.00 bits per heavy atom. The van der Waals surface area contributed by atoms with E-state index in [1.807, 2.05) is 0 Å². The molecule has 0 heterocycles. The molecule has 0 saturated heterocycles. The summed E-state index contributed by atoms with van der Waals surface area (Å²) in [6.45, 7) is 0. The van der Waals surface area contributed by atoms with Gasteiger partial charge in [-0.05, 0) is 28.8 Å². The van der Waals surface area contributed by atoms with Gasteiger partial charge in [-0.3, -0.25) is 4.79 Å². The average molecular weight is 347 g/mol. The van der Waals surface area contributed by atoms with Crippen molar-refractivity contribution in [3.05, 3.63) is 21.9 Å². The van der Waals surface area contributed by atoms with Crippen LogP contribution in [0.2, 0.25) is 0 Å². The number of phenols is 1. The van der Waals surface area contributed by atoms with Crippen LogP contribution in [0.5, 0.6) is 11.5 Å². The summed E-state index contributed by atoms with van der Waals surface area (Å²) in [6.07, 6.45) is 3.03. The molecule has 1 aliphatic carbocycles. The largest absolute Gasteiger partial charge is 0.504 e. The number of aromatic hydroxyl groups is 1. The summed E-state index contributed by atoms with van der Waals surface area (Å²) in [5.41, 5.74) is -1.39. The number of halogens is 2. The summed E-state index contributed by atoms with van der Waals surface area (Å²) in [5.74, 6) is -2.10. The van der Waals surface area contributed by atoms with Crippen LogP contribution in [0.4, 0.5) is 4.39 Å². The molecule has 0 bridgehead atoms. The minimum absolute atomic E-state index is 0.0389. The summed E-state index contributed by atoms with van der Waals surface area (Å²) >= 11 is 3.02. The molecule has 1 aromatic carbocycles. The highest BCUT2D eigenvalue weighted by atomic mass is 79.9. The Balaban J connectivity index is 2.73. The first-order valence-electron chi connectivity index (χ1n) is 6.43. The van der Waals surface area contributed by atoms with E-state index in [9.17, 15) is 19.4 Å². The molecule has 0 atom stereocenters. The van der Waals surface area contributed by atoms with Gasteiger partial charge in [0.2, 0.25) is 0 Å². The monoisotopic (exact) mass is 346 g/mol. The second-order valence-corrected chi connectivity index (χ2v) is 5.90. The Kier molecular flexibility index (Phi) is 4.22. The molecular formula is C14H16BrFO4. The van der Waals surface area contributed by atoms with Gasteiger partial charge in [-0.1, -0.05) is 19.3 Å². The van der Waals surface area contributed by atoms with Crippen molar-refractivity contribution in [3.63, 3.8) is 0 Å². The van der Waals surface area contributed by atoms with Crippen LogP contribution in [-0.4, -0.2) is 23.3 Å². The van der Waals surface area contributed by atoms with Gasteiger partial charge in [-0.2, -0.15) is 0 Å². The standard InChI is InChI=1S/C14H16BrFO4/c1-20-12-9(17)7-8(15)11(16)10(12)14(13(18)19)5-3-2-4-6-14/h7,17H,2-6H2,1H3,(H,18,19). The number of aliphatic carboxylic acids is 1. The molecule has 1 fully saturated rings. The van der Waals surface area contributed by atoms with Crippen molar-refractivity contribution in [2.24, 2.45) is 0 Å². The lowest BCUT2D eigenvalue weighted by molar-refractivity contribution is -0.145. The number of hydrogen-bond acceptors (Lipinski definition) is 3. The molecule has 1 aliphatic rings. The molecule has 1 aromatic rings. The van der Waals surface area contributed by atoms with Gasteiger partial charge in [-0.25, -0.2) is 4.39 Å². The highest BCUT2D eigenvalue weighted by Gasteiger charge is 2.46. The fourth-order valence-corrected chi connectivity index (χ4v) is 3.37.